The van der Waals surface area contributed by atoms with E-state index in [4.69, 9.17) is 15.0 Å². The lowest BCUT2D eigenvalue weighted by Gasteiger charge is -2.12. The number of aromatic nitrogens is 4. The van der Waals surface area contributed by atoms with Crippen LogP contribution in [-0.2, 0) is 0 Å². The monoisotopic (exact) mass is 550 g/mol. The van der Waals surface area contributed by atoms with Gasteiger partial charge < -0.3 is 4.57 Å². The van der Waals surface area contributed by atoms with Crippen molar-refractivity contribution in [3.05, 3.63) is 158 Å². The molecule has 0 saturated heterocycles. The van der Waals surface area contributed by atoms with E-state index in [1.54, 1.807) is 0 Å². The summed E-state index contributed by atoms with van der Waals surface area (Å²) in [6.45, 7) is 0. The van der Waals surface area contributed by atoms with Gasteiger partial charge in [0.25, 0.3) is 0 Å². The molecule has 0 unspecified atom stereocenters. The molecule has 8 rings (SSSR count). The van der Waals surface area contributed by atoms with Crippen molar-refractivity contribution < 1.29 is 0 Å². The largest absolute Gasteiger partial charge is 0.309 e. The molecule has 0 aliphatic heterocycles. The number of hydrogen-bond donors (Lipinski definition) is 0. The van der Waals surface area contributed by atoms with E-state index in [9.17, 15) is 0 Å². The SMILES string of the molecule is c1ccc(-c2nc(-c3ccccc3)nc(-c3ccccc3-c3ccc4c(c3)c3ccccc3n4-c3ccccc3)n2)cc1. The molecule has 2 aromatic heterocycles. The summed E-state index contributed by atoms with van der Waals surface area (Å²) >= 11 is 0. The molecule has 0 aliphatic rings. The van der Waals surface area contributed by atoms with Crippen LogP contribution >= 0.6 is 0 Å². The molecule has 0 saturated carbocycles. The minimum atomic E-state index is 0.648. The van der Waals surface area contributed by atoms with Crippen LogP contribution in [0.3, 0.4) is 0 Å². The number of fused-ring (bicyclic) bond motifs is 3. The summed E-state index contributed by atoms with van der Waals surface area (Å²) in [5.74, 6) is 1.95. The summed E-state index contributed by atoms with van der Waals surface area (Å²) in [5, 5.41) is 2.43. The molecule has 0 bridgehead atoms. The summed E-state index contributed by atoms with van der Waals surface area (Å²) in [6.07, 6.45) is 0. The summed E-state index contributed by atoms with van der Waals surface area (Å²) in [6, 6.07) is 54.5. The van der Waals surface area contributed by atoms with Gasteiger partial charge in [0.15, 0.2) is 17.5 Å². The minimum Gasteiger partial charge on any atom is -0.309 e. The van der Waals surface area contributed by atoms with Crippen LogP contribution in [-0.4, -0.2) is 19.5 Å². The molecule has 0 amide bonds. The van der Waals surface area contributed by atoms with E-state index in [-0.39, 0.29) is 0 Å². The van der Waals surface area contributed by atoms with Gasteiger partial charge >= 0.3 is 0 Å². The molecule has 2 heterocycles. The van der Waals surface area contributed by atoms with E-state index in [1.165, 1.54) is 21.8 Å². The lowest BCUT2D eigenvalue weighted by atomic mass is 9.97. The molecule has 43 heavy (non-hydrogen) atoms. The molecule has 202 valence electrons. The van der Waals surface area contributed by atoms with Crippen molar-refractivity contribution in [2.75, 3.05) is 0 Å². The zero-order valence-electron chi connectivity index (χ0n) is 23.3. The third-order valence-electron chi connectivity index (χ3n) is 7.87. The van der Waals surface area contributed by atoms with Gasteiger partial charge in [0, 0.05) is 33.2 Å². The number of benzene rings is 6. The van der Waals surface area contributed by atoms with Crippen LogP contribution in [0.15, 0.2) is 158 Å². The fourth-order valence-corrected chi connectivity index (χ4v) is 5.85. The Morgan fingerprint density at radius 1 is 0.349 bits per heavy atom. The molecule has 0 radical (unpaired) electrons. The third-order valence-corrected chi connectivity index (χ3v) is 7.87. The molecule has 0 aliphatic carbocycles. The predicted octanol–water partition coefficient (Wildman–Crippen LogP) is 9.64. The smallest absolute Gasteiger partial charge is 0.164 e. The summed E-state index contributed by atoms with van der Waals surface area (Å²) in [4.78, 5) is 14.9. The Kier molecular flexibility index (Phi) is 6.08. The van der Waals surface area contributed by atoms with Gasteiger partial charge in [-0.3, -0.25) is 0 Å². The van der Waals surface area contributed by atoms with Crippen LogP contribution in [0.2, 0.25) is 0 Å². The Hall–Kier alpha value is -5.87. The Morgan fingerprint density at radius 3 is 1.53 bits per heavy atom. The molecular weight excluding hydrogens is 524 g/mol. The van der Waals surface area contributed by atoms with Gasteiger partial charge in [0.05, 0.1) is 11.0 Å². The average molecular weight is 551 g/mol. The Labute approximate surface area is 249 Å². The van der Waals surface area contributed by atoms with Gasteiger partial charge in [0.1, 0.15) is 0 Å². The predicted molar refractivity (Wildman–Crippen MR) is 176 cm³/mol. The van der Waals surface area contributed by atoms with Gasteiger partial charge in [0.2, 0.25) is 0 Å². The Morgan fingerprint density at radius 2 is 0.860 bits per heavy atom. The van der Waals surface area contributed by atoms with Gasteiger partial charge in [-0.05, 0) is 41.5 Å². The van der Waals surface area contributed by atoms with Gasteiger partial charge in [-0.25, -0.2) is 15.0 Å². The Balaban J connectivity index is 1.33. The summed E-state index contributed by atoms with van der Waals surface area (Å²) in [5.41, 5.74) is 8.57. The number of rotatable bonds is 5. The van der Waals surface area contributed by atoms with Crippen molar-refractivity contribution >= 4 is 21.8 Å². The van der Waals surface area contributed by atoms with Crippen LogP contribution in [0.5, 0.6) is 0 Å². The third kappa shape index (κ3) is 4.46. The lowest BCUT2D eigenvalue weighted by molar-refractivity contribution is 1.07. The van der Waals surface area contributed by atoms with Crippen LogP contribution < -0.4 is 0 Å². The zero-order valence-corrected chi connectivity index (χ0v) is 23.3. The first-order valence-corrected chi connectivity index (χ1v) is 14.4. The molecule has 0 spiro atoms. The molecule has 4 nitrogen and oxygen atoms in total. The van der Waals surface area contributed by atoms with Crippen molar-refractivity contribution in [2.24, 2.45) is 0 Å². The second kappa shape index (κ2) is 10.5. The second-order valence-corrected chi connectivity index (χ2v) is 10.5. The highest BCUT2D eigenvalue weighted by atomic mass is 15.0. The number of hydrogen-bond acceptors (Lipinski definition) is 3. The van der Waals surface area contributed by atoms with Crippen LogP contribution in [0.25, 0.3) is 72.8 Å². The van der Waals surface area contributed by atoms with Crippen LogP contribution in [0.4, 0.5) is 0 Å². The van der Waals surface area contributed by atoms with Crippen molar-refractivity contribution in [1.29, 1.82) is 0 Å². The van der Waals surface area contributed by atoms with Gasteiger partial charge in [-0.2, -0.15) is 0 Å². The first-order chi connectivity index (χ1) is 21.3. The maximum absolute atomic E-state index is 5.02. The van der Waals surface area contributed by atoms with E-state index >= 15 is 0 Å². The minimum absolute atomic E-state index is 0.648. The molecule has 0 atom stereocenters. The summed E-state index contributed by atoms with van der Waals surface area (Å²) < 4.78 is 2.34. The standard InChI is InChI=1S/C39H26N4/c1-4-14-27(15-5-1)37-40-38(28-16-6-2-7-17-28)42-39(41-37)33-22-11-10-20-31(33)29-24-25-36-34(26-29)32-21-12-13-23-35(32)43(36)30-18-8-3-9-19-30/h1-26H. The van der Waals surface area contributed by atoms with Gasteiger partial charge in [-0.15, -0.1) is 0 Å². The molecule has 6 aromatic carbocycles. The highest BCUT2D eigenvalue weighted by molar-refractivity contribution is 6.10. The quantitative estimate of drug-likeness (QED) is 0.214. The first kappa shape index (κ1) is 24.9. The van der Waals surface area contributed by atoms with Crippen LogP contribution in [0.1, 0.15) is 0 Å². The van der Waals surface area contributed by atoms with Gasteiger partial charge in [-0.1, -0.05) is 127 Å². The van der Waals surface area contributed by atoms with Crippen molar-refractivity contribution in [2.45, 2.75) is 0 Å². The highest BCUT2D eigenvalue weighted by Gasteiger charge is 2.17. The fraction of sp³-hybridized carbons (Fsp3) is 0. The highest BCUT2D eigenvalue weighted by Crippen LogP contribution is 2.37. The normalized spacial score (nSPS) is 11.3. The molecule has 8 aromatic rings. The van der Waals surface area contributed by atoms with E-state index in [1.807, 2.05) is 66.7 Å². The maximum atomic E-state index is 5.02. The van der Waals surface area contributed by atoms with Crippen molar-refractivity contribution in [3.63, 3.8) is 0 Å². The van der Waals surface area contributed by atoms with E-state index in [0.29, 0.717) is 17.5 Å². The summed E-state index contributed by atoms with van der Waals surface area (Å²) in [7, 11) is 0. The maximum Gasteiger partial charge on any atom is 0.164 e. The average Bonchev–Trinajstić information content (AvgIpc) is 3.43. The molecule has 0 fully saturated rings. The second-order valence-electron chi connectivity index (χ2n) is 10.5. The van der Waals surface area contributed by atoms with Crippen molar-refractivity contribution in [1.82, 2.24) is 19.5 Å². The lowest BCUT2D eigenvalue weighted by Crippen LogP contribution is -2.01. The zero-order chi connectivity index (χ0) is 28.6. The number of para-hydroxylation sites is 2. The molecule has 0 N–H and O–H groups in total. The van der Waals surface area contributed by atoms with Crippen LogP contribution in [0, 0.1) is 0 Å². The topological polar surface area (TPSA) is 43.6 Å². The van der Waals surface area contributed by atoms with Crippen molar-refractivity contribution in [3.8, 4) is 51.0 Å². The van der Waals surface area contributed by atoms with E-state index in [2.05, 4.69) is 95.6 Å². The fourth-order valence-electron chi connectivity index (χ4n) is 5.85. The molecular formula is C39H26N4. The van der Waals surface area contributed by atoms with E-state index in [0.717, 1.165) is 33.5 Å². The first-order valence-electron chi connectivity index (χ1n) is 14.4. The van der Waals surface area contributed by atoms with E-state index < -0.39 is 0 Å². The number of nitrogens with zero attached hydrogens (tertiary/aromatic N) is 4. The molecule has 4 heteroatoms. The Bertz CT molecular complexity index is 2160.